The maximum Gasteiger partial charge on any atom is 0.241 e. The first-order valence-corrected chi connectivity index (χ1v) is 10.3. The van der Waals surface area contributed by atoms with Crippen molar-refractivity contribution in [2.24, 2.45) is 5.92 Å². The SMILES string of the molecule is CCCC1CCC(NS(=O)(=O)c2cc(Br)sc2C)CC1. The highest BCUT2D eigenvalue weighted by molar-refractivity contribution is 9.11. The number of hydrogen-bond acceptors (Lipinski definition) is 3. The molecule has 20 heavy (non-hydrogen) atoms. The molecule has 1 saturated carbocycles. The van der Waals surface area contributed by atoms with Crippen LogP contribution in [0.2, 0.25) is 0 Å². The number of nitrogens with one attached hydrogen (secondary N) is 1. The third-order valence-electron chi connectivity index (χ3n) is 4.00. The van der Waals surface area contributed by atoms with Crippen LogP contribution in [-0.4, -0.2) is 14.5 Å². The maximum absolute atomic E-state index is 12.4. The van der Waals surface area contributed by atoms with Gasteiger partial charge in [-0.05, 0) is 60.5 Å². The molecule has 0 bridgehead atoms. The van der Waals surface area contributed by atoms with Crippen molar-refractivity contribution in [1.82, 2.24) is 4.72 Å². The summed E-state index contributed by atoms with van der Waals surface area (Å²) in [5.41, 5.74) is 0. The van der Waals surface area contributed by atoms with Crippen molar-refractivity contribution >= 4 is 37.3 Å². The van der Waals surface area contributed by atoms with Gasteiger partial charge in [-0.1, -0.05) is 19.8 Å². The summed E-state index contributed by atoms with van der Waals surface area (Å²) in [5, 5.41) is 0. The van der Waals surface area contributed by atoms with Gasteiger partial charge in [0.25, 0.3) is 0 Å². The molecule has 0 amide bonds. The quantitative estimate of drug-likeness (QED) is 0.820. The summed E-state index contributed by atoms with van der Waals surface area (Å²) in [7, 11) is -3.37. The molecule has 2 rings (SSSR count). The van der Waals surface area contributed by atoms with E-state index in [-0.39, 0.29) is 6.04 Å². The van der Waals surface area contributed by atoms with E-state index in [4.69, 9.17) is 0 Å². The average molecular weight is 380 g/mol. The lowest BCUT2D eigenvalue weighted by Gasteiger charge is -2.28. The summed E-state index contributed by atoms with van der Waals surface area (Å²) in [5.74, 6) is 0.790. The van der Waals surface area contributed by atoms with Crippen molar-refractivity contribution in [3.63, 3.8) is 0 Å². The van der Waals surface area contributed by atoms with E-state index in [1.165, 1.54) is 24.2 Å². The highest BCUT2D eigenvalue weighted by Crippen LogP contribution is 2.32. The normalized spacial score (nSPS) is 23.9. The number of halogens is 1. The third kappa shape index (κ3) is 4.06. The molecule has 6 heteroatoms. The molecule has 114 valence electrons. The van der Waals surface area contributed by atoms with Crippen molar-refractivity contribution < 1.29 is 8.42 Å². The predicted octanol–water partition coefficient (Wildman–Crippen LogP) is 4.46. The second kappa shape index (κ2) is 6.90. The van der Waals surface area contributed by atoms with Crippen molar-refractivity contribution in [2.75, 3.05) is 0 Å². The molecule has 0 atom stereocenters. The summed E-state index contributed by atoms with van der Waals surface area (Å²) < 4.78 is 28.6. The van der Waals surface area contributed by atoms with E-state index in [0.717, 1.165) is 40.3 Å². The van der Waals surface area contributed by atoms with Crippen LogP contribution in [0.15, 0.2) is 14.7 Å². The van der Waals surface area contributed by atoms with Crippen LogP contribution in [0.5, 0.6) is 0 Å². The molecular formula is C14H22BrNO2S2. The van der Waals surface area contributed by atoms with Gasteiger partial charge in [-0.25, -0.2) is 13.1 Å². The van der Waals surface area contributed by atoms with Gasteiger partial charge in [-0.15, -0.1) is 11.3 Å². The maximum atomic E-state index is 12.4. The highest BCUT2D eigenvalue weighted by Gasteiger charge is 2.27. The number of aryl methyl sites for hydroxylation is 1. The van der Waals surface area contributed by atoms with Gasteiger partial charge in [0.05, 0.1) is 8.68 Å². The average Bonchev–Trinajstić information content (AvgIpc) is 2.72. The Morgan fingerprint density at radius 3 is 2.50 bits per heavy atom. The largest absolute Gasteiger partial charge is 0.241 e. The van der Waals surface area contributed by atoms with E-state index in [9.17, 15) is 8.42 Å². The fourth-order valence-electron chi connectivity index (χ4n) is 2.96. The zero-order chi connectivity index (χ0) is 14.8. The van der Waals surface area contributed by atoms with Crippen molar-refractivity contribution in [3.05, 3.63) is 14.7 Å². The molecule has 1 heterocycles. The standard InChI is InChI=1S/C14H22BrNO2S2/c1-3-4-11-5-7-12(8-6-11)16-20(17,18)13-9-14(15)19-10(13)2/h9,11-12,16H,3-8H2,1-2H3. The zero-order valence-electron chi connectivity index (χ0n) is 12.0. The number of rotatable bonds is 5. The molecule has 0 aromatic carbocycles. The molecule has 1 aromatic rings. The Balaban J connectivity index is 1.98. The van der Waals surface area contributed by atoms with Crippen LogP contribution in [0.1, 0.15) is 50.3 Å². The number of hydrogen-bond donors (Lipinski definition) is 1. The molecule has 0 spiro atoms. The molecule has 1 aromatic heterocycles. The Hall–Kier alpha value is 0.0900. The van der Waals surface area contributed by atoms with Gasteiger partial charge in [0.1, 0.15) is 0 Å². The lowest BCUT2D eigenvalue weighted by Crippen LogP contribution is -2.37. The fourth-order valence-corrected chi connectivity index (χ4v) is 6.68. The van der Waals surface area contributed by atoms with Crippen LogP contribution >= 0.6 is 27.3 Å². The molecule has 0 saturated heterocycles. The minimum atomic E-state index is -3.37. The molecule has 1 aliphatic rings. The van der Waals surface area contributed by atoms with E-state index >= 15 is 0 Å². The third-order valence-corrected chi connectivity index (χ3v) is 7.33. The Labute approximate surface area is 134 Å². The molecule has 1 aliphatic carbocycles. The number of sulfonamides is 1. The summed E-state index contributed by atoms with van der Waals surface area (Å²) >= 11 is 4.81. The van der Waals surface area contributed by atoms with Crippen molar-refractivity contribution in [2.45, 2.75) is 63.3 Å². The van der Waals surface area contributed by atoms with Crippen LogP contribution in [-0.2, 0) is 10.0 Å². The van der Waals surface area contributed by atoms with Crippen LogP contribution < -0.4 is 4.72 Å². The molecule has 0 aliphatic heterocycles. The van der Waals surface area contributed by atoms with Crippen LogP contribution in [0, 0.1) is 12.8 Å². The van der Waals surface area contributed by atoms with E-state index in [1.54, 1.807) is 6.07 Å². The zero-order valence-corrected chi connectivity index (χ0v) is 15.2. The summed E-state index contributed by atoms with van der Waals surface area (Å²) in [6.45, 7) is 4.06. The second-order valence-corrected chi connectivity index (χ2v) is 9.92. The first-order valence-electron chi connectivity index (χ1n) is 7.20. The molecule has 3 nitrogen and oxygen atoms in total. The molecule has 1 fully saturated rings. The Morgan fingerprint density at radius 2 is 2.00 bits per heavy atom. The van der Waals surface area contributed by atoms with E-state index in [2.05, 4.69) is 27.6 Å². The first-order chi connectivity index (χ1) is 9.42. The van der Waals surface area contributed by atoms with E-state index in [0.29, 0.717) is 4.90 Å². The van der Waals surface area contributed by atoms with Crippen LogP contribution in [0.25, 0.3) is 0 Å². The summed E-state index contributed by atoms with van der Waals surface area (Å²) in [6, 6.07) is 1.80. The lowest BCUT2D eigenvalue weighted by molar-refractivity contribution is 0.297. The smallest absolute Gasteiger partial charge is 0.208 e. The van der Waals surface area contributed by atoms with Gasteiger partial charge >= 0.3 is 0 Å². The van der Waals surface area contributed by atoms with Gasteiger partial charge in [0.2, 0.25) is 10.0 Å². The van der Waals surface area contributed by atoms with Gasteiger partial charge in [0, 0.05) is 10.9 Å². The Morgan fingerprint density at radius 1 is 1.35 bits per heavy atom. The molecule has 0 unspecified atom stereocenters. The fraction of sp³-hybridized carbons (Fsp3) is 0.714. The summed E-state index contributed by atoms with van der Waals surface area (Å²) in [6.07, 6.45) is 6.72. The molecular weight excluding hydrogens is 358 g/mol. The van der Waals surface area contributed by atoms with Crippen LogP contribution in [0.4, 0.5) is 0 Å². The first kappa shape index (κ1) is 16.5. The lowest BCUT2D eigenvalue weighted by atomic mass is 9.84. The Bertz CT molecular complexity index is 546. The van der Waals surface area contributed by atoms with E-state index < -0.39 is 10.0 Å². The molecule has 1 N–H and O–H groups in total. The van der Waals surface area contributed by atoms with Crippen LogP contribution in [0.3, 0.4) is 0 Å². The van der Waals surface area contributed by atoms with Gasteiger partial charge in [-0.3, -0.25) is 0 Å². The number of thiophene rings is 1. The minimum absolute atomic E-state index is 0.103. The second-order valence-electron chi connectivity index (χ2n) is 5.60. The monoisotopic (exact) mass is 379 g/mol. The minimum Gasteiger partial charge on any atom is -0.208 e. The Kier molecular flexibility index (Phi) is 5.68. The highest BCUT2D eigenvalue weighted by atomic mass is 79.9. The van der Waals surface area contributed by atoms with Crippen molar-refractivity contribution in [3.8, 4) is 0 Å². The van der Waals surface area contributed by atoms with Gasteiger partial charge in [0.15, 0.2) is 0 Å². The van der Waals surface area contributed by atoms with Gasteiger partial charge < -0.3 is 0 Å². The predicted molar refractivity (Wildman–Crippen MR) is 87.7 cm³/mol. The van der Waals surface area contributed by atoms with Gasteiger partial charge in [-0.2, -0.15) is 0 Å². The summed E-state index contributed by atoms with van der Waals surface area (Å²) in [4.78, 5) is 1.26. The topological polar surface area (TPSA) is 46.2 Å². The van der Waals surface area contributed by atoms with Crippen molar-refractivity contribution in [1.29, 1.82) is 0 Å². The van der Waals surface area contributed by atoms with E-state index in [1.807, 2.05) is 6.92 Å². The molecule has 0 radical (unpaired) electrons.